The zero-order chi connectivity index (χ0) is 19.4. The number of thiophene rings is 1. The van der Waals surface area contributed by atoms with Gasteiger partial charge in [-0.05, 0) is 43.0 Å². The maximum Gasteiger partial charge on any atom is 0.251 e. The average molecular weight is 400 g/mol. The molecule has 1 atom stereocenters. The summed E-state index contributed by atoms with van der Waals surface area (Å²) in [5, 5.41) is 3.69. The summed E-state index contributed by atoms with van der Waals surface area (Å²) in [6, 6.07) is 17.9. The summed E-state index contributed by atoms with van der Waals surface area (Å²) in [5.41, 5.74) is 3.21. The van der Waals surface area contributed by atoms with Gasteiger partial charge in [0.1, 0.15) is 9.46 Å². The zero-order valence-electron chi connectivity index (χ0n) is 15.2. The molecule has 0 bridgehead atoms. The second kappa shape index (κ2) is 8.06. The van der Waals surface area contributed by atoms with E-state index >= 15 is 0 Å². The highest BCUT2D eigenvalue weighted by molar-refractivity contribution is 7.93. The lowest BCUT2D eigenvalue weighted by Gasteiger charge is -2.18. The van der Waals surface area contributed by atoms with Crippen LogP contribution in [0.1, 0.15) is 32.3 Å². The molecule has 0 unspecified atom stereocenters. The van der Waals surface area contributed by atoms with Crippen LogP contribution >= 0.6 is 11.3 Å². The first kappa shape index (κ1) is 19.3. The zero-order valence-corrected chi connectivity index (χ0v) is 16.8. The van der Waals surface area contributed by atoms with Crippen LogP contribution in [0.25, 0.3) is 0 Å². The summed E-state index contributed by atoms with van der Waals surface area (Å²) in [6.07, 6.45) is 0. The topological polar surface area (TPSA) is 63.2 Å². The van der Waals surface area contributed by atoms with Crippen molar-refractivity contribution in [2.75, 3.05) is 6.54 Å². The molecule has 0 saturated heterocycles. The minimum atomic E-state index is -3.61. The fourth-order valence-electron chi connectivity index (χ4n) is 2.83. The molecule has 0 aliphatic heterocycles. The first-order valence-electron chi connectivity index (χ1n) is 8.57. The lowest BCUT2D eigenvalue weighted by molar-refractivity contribution is 0.0953. The van der Waals surface area contributed by atoms with E-state index in [2.05, 4.69) is 5.32 Å². The van der Waals surface area contributed by atoms with Gasteiger partial charge >= 0.3 is 0 Å². The molecule has 1 N–H and O–H groups in total. The summed E-state index contributed by atoms with van der Waals surface area (Å²) in [7, 11) is -3.61. The van der Waals surface area contributed by atoms with Gasteiger partial charge in [-0.2, -0.15) is 0 Å². The Morgan fingerprint density at radius 2 is 1.74 bits per heavy atom. The Morgan fingerprint density at radius 1 is 1.00 bits per heavy atom. The molecule has 0 aliphatic carbocycles. The van der Waals surface area contributed by atoms with E-state index in [9.17, 15) is 13.2 Å². The summed E-state index contributed by atoms with van der Waals surface area (Å²) in [6.45, 7) is 3.87. The summed E-state index contributed by atoms with van der Waals surface area (Å²) >= 11 is 1.19. The van der Waals surface area contributed by atoms with Crippen LogP contribution in [0, 0.1) is 13.8 Å². The van der Waals surface area contributed by atoms with Crippen molar-refractivity contribution < 1.29 is 13.2 Å². The Hall–Kier alpha value is -2.44. The van der Waals surface area contributed by atoms with Gasteiger partial charge in [-0.25, -0.2) is 8.42 Å². The number of carbonyl (C=O) groups excluding carboxylic acids is 1. The SMILES string of the molecule is Cc1ccc([C@@H](CNC(=O)c2cccc(C)c2)S(=O)(=O)c2cccs2)cc1. The largest absolute Gasteiger partial charge is 0.350 e. The summed E-state index contributed by atoms with van der Waals surface area (Å²) in [4.78, 5) is 12.5. The van der Waals surface area contributed by atoms with E-state index in [-0.39, 0.29) is 12.5 Å². The second-order valence-corrected chi connectivity index (χ2v) is 9.76. The van der Waals surface area contributed by atoms with Gasteiger partial charge in [0.05, 0.1) is 0 Å². The molecule has 0 saturated carbocycles. The van der Waals surface area contributed by atoms with Crippen LogP contribution in [0.3, 0.4) is 0 Å². The highest BCUT2D eigenvalue weighted by Crippen LogP contribution is 2.31. The van der Waals surface area contributed by atoms with E-state index < -0.39 is 15.1 Å². The summed E-state index contributed by atoms with van der Waals surface area (Å²) < 4.78 is 26.6. The van der Waals surface area contributed by atoms with Crippen molar-refractivity contribution in [2.45, 2.75) is 23.3 Å². The number of carbonyl (C=O) groups is 1. The van der Waals surface area contributed by atoms with E-state index in [0.717, 1.165) is 11.1 Å². The van der Waals surface area contributed by atoms with Crippen molar-refractivity contribution in [3.05, 3.63) is 88.3 Å². The molecule has 0 radical (unpaired) electrons. The van der Waals surface area contributed by atoms with Crippen molar-refractivity contribution in [3.8, 4) is 0 Å². The Labute approximate surface area is 163 Å². The molecular formula is C21H21NO3S2. The standard InChI is InChI=1S/C21H21NO3S2/c1-15-8-10-17(11-9-15)19(27(24,25)20-7-4-12-26-20)14-22-21(23)18-6-3-5-16(2)13-18/h3-13,19H,14H2,1-2H3,(H,22,23)/t19-/m1/s1. The van der Waals surface area contributed by atoms with Gasteiger partial charge in [0.2, 0.25) is 0 Å². The van der Waals surface area contributed by atoms with Crippen LogP contribution < -0.4 is 5.32 Å². The first-order valence-corrected chi connectivity index (χ1v) is 11.0. The summed E-state index contributed by atoms with van der Waals surface area (Å²) in [5.74, 6) is -0.280. The van der Waals surface area contributed by atoms with Crippen molar-refractivity contribution in [1.82, 2.24) is 5.32 Å². The third-order valence-electron chi connectivity index (χ3n) is 4.33. The van der Waals surface area contributed by atoms with Crippen molar-refractivity contribution in [2.24, 2.45) is 0 Å². The third kappa shape index (κ3) is 4.46. The molecule has 3 rings (SSSR count). The lowest BCUT2D eigenvalue weighted by Crippen LogP contribution is -2.31. The van der Waals surface area contributed by atoms with Gasteiger partial charge in [0, 0.05) is 12.1 Å². The predicted octanol–water partition coefficient (Wildman–Crippen LogP) is 4.31. The fourth-order valence-corrected chi connectivity index (χ4v) is 5.69. The average Bonchev–Trinajstić information content (AvgIpc) is 3.18. The van der Waals surface area contributed by atoms with Crippen molar-refractivity contribution >= 4 is 27.1 Å². The lowest BCUT2D eigenvalue weighted by atomic mass is 10.1. The number of aryl methyl sites for hydroxylation is 2. The Bertz CT molecular complexity index is 1020. The quantitative estimate of drug-likeness (QED) is 0.672. The number of benzene rings is 2. The van der Waals surface area contributed by atoms with Crippen LogP contribution in [0.5, 0.6) is 0 Å². The maximum atomic E-state index is 13.1. The van der Waals surface area contributed by atoms with Gasteiger partial charge in [-0.15, -0.1) is 11.3 Å². The fraction of sp³-hybridized carbons (Fsp3) is 0.190. The van der Waals surface area contributed by atoms with Crippen LogP contribution in [-0.4, -0.2) is 20.9 Å². The van der Waals surface area contributed by atoms with Crippen LogP contribution in [0.15, 0.2) is 70.3 Å². The number of nitrogens with one attached hydrogen (secondary N) is 1. The third-order valence-corrected chi connectivity index (χ3v) is 7.86. The molecule has 0 fully saturated rings. The van der Waals surface area contributed by atoms with Crippen molar-refractivity contribution in [1.29, 1.82) is 0 Å². The van der Waals surface area contributed by atoms with Crippen LogP contribution in [0.4, 0.5) is 0 Å². The highest BCUT2D eigenvalue weighted by atomic mass is 32.2. The van der Waals surface area contributed by atoms with Gasteiger partial charge in [-0.3, -0.25) is 4.79 Å². The molecule has 1 amide bonds. The number of hydrogen-bond acceptors (Lipinski definition) is 4. The smallest absolute Gasteiger partial charge is 0.251 e. The van der Waals surface area contributed by atoms with Gasteiger partial charge in [0.15, 0.2) is 9.84 Å². The monoisotopic (exact) mass is 399 g/mol. The maximum absolute atomic E-state index is 13.1. The minimum absolute atomic E-state index is 0.00999. The molecule has 0 aliphatic rings. The molecular weight excluding hydrogens is 378 g/mol. The Balaban J connectivity index is 1.88. The molecule has 0 spiro atoms. The molecule has 27 heavy (non-hydrogen) atoms. The first-order chi connectivity index (χ1) is 12.9. The van der Waals surface area contributed by atoms with Crippen LogP contribution in [-0.2, 0) is 9.84 Å². The molecule has 4 nitrogen and oxygen atoms in total. The van der Waals surface area contributed by atoms with Crippen molar-refractivity contribution in [3.63, 3.8) is 0 Å². The molecule has 3 aromatic rings. The number of amides is 1. The number of hydrogen-bond donors (Lipinski definition) is 1. The number of sulfone groups is 1. The van der Waals surface area contributed by atoms with E-state index in [0.29, 0.717) is 15.3 Å². The molecule has 1 heterocycles. The van der Waals surface area contributed by atoms with Gasteiger partial charge < -0.3 is 5.32 Å². The van der Waals surface area contributed by atoms with E-state index in [4.69, 9.17) is 0 Å². The normalized spacial score (nSPS) is 12.5. The van der Waals surface area contributed by atoms with E-state index in [1.165, 1.54) is 11.3 Å². The van der Waals surface area contributed by atoms with Crippen LogP contribution in [0.2, 0.25) is 0 Å². The number of rotatable bonds is 6. The molecule has 6 heteroatoms. The Morgan fingerprint density at radius 3 is 2.37 bits per heavy atom. The molecule has 2 aromatic carbocycles. The predicted molar refractivity (Wildman–Crippen MR) is 109 cm³/mol. The Kier molecular flexibility index (Phi) is 5.77. The second-order valence-electron chi connectivity index (χ2n) is 6.46. The molecule has 1 aromatic heterocycles. The minimum Gasteiger partial charge on any atom is -0.350 e. The van der Waals surface area contributed by atoms with E-state index in [1.807, 2.05) is 50.2 Å². The molecule has 140 valence electrons. The van der Waals surface area contributed by atoms with Gasteiger partial charge in [-0.1, -0.05) is 53.6 Å². The van der Waals surface area contributed by atoms with E-state index in [1.54, 1.807) is 29.6 Å². The van der Waals surface area contributed by atoms with Gasteiger partial charge in [0.25, 0.3) is 5.91 Å². The highest BCUT2D eigenvalue weighted by Gasteiger charge is 2.30.